The third kappa shape index (κ3) is 10.5. The summed E-state index contributed by atoms with van der Waals surface area (Å²) in [5, 5.41) is 19.2. The fourth-order valence-electron chi connectivity index (χ4n) is 1.05. The lowest BCUT2D eigenvalue weighted by Gasteiger charge is -2.03. The van der Waals surface area contributed by atoms with Crippen LogP contribution in [0.4, 0.5) is 0 Å². The third-order valence-corrected chi connectivity index (χ3v) is 2.64. The SMILES string of the molecule is CCCC/C=C/[N+]([O-])=NC(C)/C(C)=N/OCC#CI. The predicted molar refractivity (Wildman–Crippen MR) is 85.0 cm³/mol. The highest BCUT2D eigenvalue weighted by atomic mass is 127. The number of halogens is 1. The summed E-state index contributed by atoms with van der Waals surface area (Å²) in [5.74, 6) is 2.72. The van der Waals surface area contributed by atoms with Crippen molar-refractivity contribution >= 4 is 28.3 Å². The Bertz CT molecular complexity index is 394. The second kappa shape index (κ2) is 12.0. The molecule has 0 aliphatic rings. The van der Waals surface area contributed by atoms with Gasteiger partial charge in [0.25, 0.3) is 0 Å². The van der Waals surface area contributed by atoms with Gasteiger partial charge in [-0.05, 0) is 47.7 Å². The quantitative estimate of drug-likeness (QED) is 0.123. The van der Waals surface area contributed by atoms with E-state index in [1.165, 1.54) is 6.20 Å². The molecule has 0 bridgehead atoms. The molecule has 0 aromatic rings. The monoisotopic (exact) mass is 377 g/mol. The van der Waals surface area contributed by atoms with E-state index in [0.29, 0.717) is 10.6 Å². The number of nitrogens with zero attached hydrogens (tertiary/aromatic N) is 3. The minimum absolute atomic E-state index is 0.241. The number of unbranched alkanes of at least 4 members (excludes halogenated alkanes) is 2. The lowest BCUT2D eigenvalue weighted by Crippen LogP contribution is -2.13. The van der Waals surface area contributed by atoms with Crippen LogP contribution in [0.3, 0.4) is 0 Å². The molecule has 1 unspecified atom stereocenters. The van der Waals surface area contributed by atoms with Gasteiger partial charge in [0.05, 0.1) is 5.71 Å². The molecule has 0 aliphatic heterocycles. The van der Waals surface area contributed by atoms with E-state index in [1.54, 1.807) is 13.8 Å². The summed E-state index contributed by atoms with van der Waals surface area (Å²) >= 11 is 1.93. The van der Waals surface area contributed by atoms with Gasteiger partial charge in [-0.1, -0.05) is 23.4 Å². The van der Waals surface area contributed by atoms with Gasteiger partial charge in [-0.2, -0.15) is 0 Å². The van der Waals surface area contributed by atoms with Crippen LogP contribution in [0.1, 0.15) is 40.0 Å². The number of allylic oxidation sites excluding steroid dienone is 1. The van der Waals surface area contributed by atoms with Gasteiger partial charge in [0.2, 0.25) is 6.20 Å². The second-order valence-electron chi connectivity index (χ2n) is 3.90. The number of azo groups is 1. The molecule has 0 saturated heterocycles. The Morgan fingerprint density at radius 3 is 2.95 bits per heavy atom. The number of rotatable bonds is 8. The van der Waals surface area contributed by atoms with E-state index in [4.69, 9.17) is 4.84 Å². The lowest BCUT2D eigenvalue weighted by atomic mass is 10.2. The van der Waals surface area contributed by atoms with E-state index in [1.807, 2.05) is 28.7 Å². The fraction of sp³-hybridized carbons (Fsp3) is 0.615. The molecule has 0 amide bonds. The largest absolute Gasteiger partial charge is 0.595 e. The molecule has 106 valence electrons. The Kier molecular flexibility index (Phi) is 11.3. The summed E-state index contributed by atoms with van der Waals surface area (Å²) < 4.78 is 2.67. The molecule has 19 heavy (non-hydrogen) atoms. The van der Waals surface area contributed by atoms with E-state index in [-0.39, 0.29) is 12.6 Å². The van der Waals surface area contributed by atoms with Crippen molar-refractivity contribution in [3.63, 3.8) is 0 Å². The molecule has 0 fully saturated rings. The van der Waals surface area contributed by atoms with Gasteiger partial charge in [0, 0.05) is 22.6 Å². The topological polar surface area (TPSA) is 60.0 Å². The molecule has 0 spiro atoms. The van der Waals surface area contributed by atoms with Crippen molar-refractivity contribution in [1.29, 1.82) is 0 Å². The summed E-state index contributed by atoms with van der Waals surface area (Å²) in [4.78, 5) is 5.54. The van der Waals surface area contributed by atoms with Crippen LogP contribution in [0, 0.1) is 15.1 Å². The van der Waals surface area contributed by atoms with E-state index >= 15 is 0 Å². The van der Waals surface area contributed by atoms with Crippen molar-refractivity contribution in [3.05, 3.63) is 17.5 Å². The average Bonchev–Trinajstić information content (AvgIpc) is 2.39. The van der Waals surface area contributed by atoms with Crippen molar-refractivity contribution in [3.8, 4) is 9.85 Å². The van der Waals surface area contributed by atoms with E-state index < -0.39 is 0 Å². The molecular formula is C13H20IN3O2. The summed E-state index contributed by atoms with van der Waals surface area (Å²) in [7, 11) is 0. The van der Waals surface area contributed by atoms with E-state index in [2.05, 4.69) is 27.0 Å². The maximum atomic E-state index is 11.4. The molecule has 0 aromatic heterocycles. The fourth-order valence-corrected chi connectivity index (χ4v) is 1.21. The Morgan fingerprint density at radius 1 is 1.58 bits per heavy atom. The zero-order valence-electron chi connectivity index (χ0n) is 11.6. The zero-order chi connectivity index (χ0) is 14.5. The standard InChI is InChI=1S/C13H20IN3O2/c1-4-5-6-7-10-17(18)15-12(2)13(3)16-19-11-8-9-14/h7,10,12H,4-6,11H2,1-3H3/b10-7+,16-13+,17-15?. The number of hydroxylamine groups is 1. The Balaban J connectivity index is 4.26. The molecule has 0 N–H and O–H groups in total. The molecule has 0 saturated carbocycles. The number of hydrogen-bond acceptors (Lipinski definition) is 4. The first-order chi connectivity index (χ1) is 9.11. The normalized spacial score (nSPS) is 14.1. The summed E-state index contributed by atoms with van der Waals surface area (Å²) in [6.07, 6.45) is 6.34. The first-order valence-electron chi connectivity index (χ1n) is 6.20. The summed E-state index contributed by atoms with van der Waals surface area (Å²) in [5.41, 5.74) is 0.637. The molecule has 0 rings (SSSR count). The van der Waals surface area contributed by atoms with Crippen LogP contribution in [0.2, 0.25) is 0 Å². The van der Waals surface area contributed by atoms with Crippen LogP contribution < -0.4 is 0 Å². The van der Waals surface area contributed by atoms with Gasteiger partial charge in [0.15, 0.2) is 12.6 Å². The number of oxime groups is 1. The average molecular weight is 377 g/mol. The van der Waals surface area contributed by atoms with E-state index in [0.717, 1.165) is 19.3 Å². The van der Waals surface area contributed by atoms with Gasteiger partial charge in [-0.25, -0.2) is 0 Å². The van der Waals surface area contributed by atoms with Crippen LogP contribution in [-0.4, -0.2) is 23.2 Å². The second-order valence-corrected chi connectivity index (χ2v) is 4.44. The summed E-state index contributed by atoms with van der Waals surface area (Å²) in [6, 6.07) is -0.319. The molecule has 1 atom stereocenters. The molecule has 6 heteroatoms. The van der Waals surface area contributed by atoms with Crippen molar-refractivity contribution < 1.29 is 9.70 Å². The Morgan fingerprint density at radius 2 is 2.32 bits per heavy atom. The smallest absolute Gasteiger partial charge is 0.205 e. The third-order valence-electron chi connectivity index (χ3n) is 2.26. The minimum Gasteiger partial charge on any atom is -0.595 e. The van der Waals surface area contributed by atoms with Gasteiger partial charge >= 0.3 is 0 Å². The van der Waals surface area contributed by atoms with E-state index in [9.17, 15) is 5.21 Å². The molecule has 0 aromatic carbocycles. The van der Waals surface area contributed by atoms with Crippen LogP contribution in [0.5, 0.6) is 0 Å². The van der Waals surface area contributed by atoms with Crippen LogP contribution >= 0.6 is 22.6 Å². The van der Waals surface area contributed by atoms with Crippen LogP contribution in [-0.2, 0) is 4.84 Å². The van der Waals surface area contributed by atoms with Crippen LogP contribution in [0.25, 0.3) is 0 Å². The predicted octanol–water partition coefficient (Wildman–Crippen LogP) is 3.83. The first kappa shape index (κ1) is 17.9. The maximum absolute atomic E-state index is 11.4. The molecule has 0 heterocycles. The molecule has 0 radical (unpaired) electrons. The van der Waals surface area contributed by atoms with Gasteiger partial charge in [-0.15, -0.1) is 0 Å². The number of hydrogen-bond donors (Lipinski definition) is 0. The zero-order valence-corrected chi connectivity index (χ0v) is 13.8. The minimum atomic E-state index is -0.319. The Hall–Kier alpha value is -1.10. The van der Waals surface area contributed by atoms with Gasteiger partial charge in [-0.3, -0.25) is 0 Å². The van der Waals surface area contributed by atoms with Crippen LogP contribution in [0.15, 0.2) is 22.5 Å². The van der Waals surface area contributed by atoms with Crippen molar-refractivity contribution in [1.82, 2.24) is 0 Å². The summed E-state index contributed by atoms with van der Waals surface area (Å²) in [6.45, 7) is 5.90. The molecule has 5 nitrogen and oxygen atoms in total. The highest BCUT2D eigenvalue weighted by Gasteiger charge is 2.08. The molecule has 0 aliphatic carbocycles. The highest BCUT2D eigenvalue weighted by Crippen LogP contribution is 1.98. The maximum Gasteiger partial charge on any atom is 0.205 e. The lowest BCUT2D eigenvalue weighted by molar-refractivity contribution is -0.460. The van der Waals surface area contributed by atoms with Crippen molar-refractivity contribution in [2.24, 2.45) is 10.3 Å². The van der Waals surface area contributed by atoms with Gasteiger partial charge in [0.1, 0.15) is 0 Å². The van der Waals surface area contributed by atoms with Crippen molar-refractivity contribution in [2.75, 3.05) is 6.61 Å². The van der Waals surface area contributed by atoms with Gasteiger partial charge < -0.3 is 10.0 Å². The molecular weight excluding hydrogens is 357 g/mol. The Labute approximate surface area is 128 Å². The first-order valence-corrected chi connectivity index (χ1v) is 7.28. The highest BCUT2D eigenvalue weighted by molar-refractivity contribution is 14.1. The van der Waals surface area contributed by atoms with Crippen molar-refractivity contribution in [2.45, 2.75) is 46.1 Å².